The van der Waals surface area contributed by atoms with Crippen molar-refractivity contribution < 1.29 is 14.3 Å². The average molecular weight is 360 g/mol. The number of benzene rings is 3. The standard InChI is InChI=1S/C22H20N2O3/c1-2-23(20-12-7-16-5-3-4-6-18(16)15-20)21(25)17-8-10-19(11-9-17)24-13-14-27-22(24)26/h3-12,15H,2,13-14H2,1H3. The van der Waals surface area contributed by atoms with E-state index in [1.54, 1.807) is 34.1 Å². The number of anilines is 2. The van der Waals surface area contributed by atoms with Gasteiger partial charge in [-0.15, -0.1) is 0 Å². The number of nitrogens with zero attached hydrogens (tertiary/aromatic N) is 2. The van der Waals surface area contributed by atoms with Crippen LogP contribution < -0.4 is 9.80 Å². The molecule has 0 aromatic heterocycles. The second-order valence-electron chi connectivity index (χ2n) is 6.39. The second-order valence-corrected chi connectivity index (χ2v) is 6.39. The minimum atomic E-state index is -0.347. The van der Waals surface area contributed by atoms with E-state index in [1.807, 2.05) is 43.3 Å². The zero-order valence-corrected chi connectivity index (χ0v) is 15.1. The van der Waals surface area contributed by atoms with Gasteiger partial charge < -0.3 is 9.64 Å². The lowest BCUT2D eigenvalue weighted by Gasteiger charge is -2.22. The predicted octanol–water partition coefficient (Wildman–Crippen LogP) is 4.46. The zero-order chi connectivity index (χ0) is 18.8. The van der Waals surface area contributed by atoms with Crippen LogP contribution in [0.2, 0.25) is 0 Å². The fourth-order valence-electron chi connectivity index (χ4n) is 3.36. The number of carbonyl (C=O) groups is 2. The summed E-state index contributed by atoms with van der Waals surface area (Å²) in [7, 11) is 0. The van der Waals surface area contributed by atoms with E-state index in [1.165, 1.54) is 0 Å². The summed E-state index contributed by atoms with van der Waals surface area (Å²) >= 11 is 0. The average Bonchev–Trinajstić information content (AvgIpc) is 3.14. The molecule has 1 fully saturated rings. The number of ether oxygens (including phenoxy) is 1. The van der Waals surface area contributed by atoms with Crippen LogP contribution in [0, 0.1) is 0 Å². The fraction of sp³-hybridized carbons (Fsp3) is 0.182. The first-order valence-corrected chi connectivity index (χ1v) is 9.02. The van der Waals surface area contributed by atoms with Gasteiger partial charge in [0.15, 0.2) is 0 Å². The number of carbonyl (C=O) groups excluding carboxylic acids is 2. The first kappa shape index (κ1) is 17.1. The van der Waals surface area contributed by atoms with E-state index in [-0.39, 0.29) is 12.0 Å². The monoisotopic (exact) mass is 360 g/mol. The van der Waals surface area contributed by atoms with Crippen LogP contribution >= 0.6 is 0 Å². The number of rotatable bonds is 4. The highest BCUT2D eigenvalue weighted by molar-refractivity contribution is 6.07. The quantitative estimate of drug-likeness (QED) is 0.690. The number of hydrogen-bond acceptors (Lipinski definition) is 3. The molecule has 1 aliphatic rings. The molecule has 0 unspecified atom stereocenters. The molecule has 2 amide bonds. The summed E-state index contributed by atoms with van der Waals surface area (Å²) < 4.78 is 4.96. The second kappa shape index (κ2) is 7.11. The maximum absolute atomic E-state index is 13.0. The van der Waals surface area contributed by atoms with Gasteiger partial charge in [-0.05, 0) is 54.1 Å². The zero-order valence-electron chi connectivity index (χ0n) is 15.1. The lowest BCUT2D eigenvalue weighted by Crippen LogP contribution is -2.30. The van der Waals surface area contributed by atoms with Crippen LogP contribution in [0.5, 0.6) is 0 Å². The Kier molecular flexibility index (Phi) is 4.50. The molecule has 0 spiro atoms. The van der Waals surface area contributed by atoms with Crippen molar-refractivity contribution in [1.82, 2.24) is 0 Å². The highest BCUT2D eigenvalue weighted by Gasteiger charge is 2.24. The van der Waals surface area contributed by atoms with Gasteiger partial charge in [-0.2, -0.15) is 0 Å². The largest absolute Gasteiger partial charge is 0.447 e. The summed E-state index contributed by atoms with van der Waals surface area (Å²) in [5.41, 5.74) is 2.19. The Bertz CT molecular complexity index is 998. The molecule has 0 aliphatic carbocycles. The molecule has 0 saturated carbocycles. The fourth-order valence-corrected chi connectivity index (χ4v) is 3.36. The molecule has 0 atom stereocenters. The summed E-state index contributed by atoms with van der Waals surface area (Å²) in [5.74, 6) is -0.0664. The molecule has 4 rings (SSSR count). The molecule has 3 aromatic carbocycles. The Morgan fingerprint density at radius 2 is 1.78 bits per heavy atom. The van der Waals surface area contributed by atoms with Gasteiger partial charge in [-0.1, -0.05) is 30.3 Å². The van der Waals surface area contributed by atoms with Crippen molar-refractivity contribution >= 4 is 34.1 Å². The topological polar surface area (TPSA) is 49.9 Å². The number of amides is 2. The van der Waals surface area contributed by atoms with E-state index in [2.05, 4.69) is 6.07 Å². The van der Waals surface area contributed by atoms with Gasteiger partial charge in [0.1, 0.15) is 6.61 Å². The van der Waals surface area contributed by atoms with Crippen molar-refractivity contribution in [1.29, 1.82) is 0 Å². The summed E-state index contributed by atoms with van der Waals surface area (Å²) in [6, 6.07) is 21.2. The van der Waals surface area contributed by atoms with Gasteiger partial charge in [0.05, 0.1) is 6.54 Å². The smallest absolute Gasteiger partial charge is 0.414 e. The van der Waals surface area contributed by atoms with Crippen LogP contribution in [-0.2, 0) is 4.74 Å². The van der Waals surface area contributed by atoms with E-state index in [0.717, 1.165) is 22.1 Å². The lowest BCUT2D eigenvalue weighted by atomic mass is 10.1. The Labute approximate surface area is 157 Å². The summed E-state index contributed by atoms with van der Waals surface area (Å²) in [4.78, 5) is 28.0. The van der Waals surface area contributed by atoms with Crippen molar-refractivity contribution in [2.24, 2.45) is 0 Å². The van der Waals surface area contributed by atoms with E-state index in [9.17, 15) is 9.59 Å². The maximum atomic E-state index is 13.0. The molecule has 5 heteroatoms. The third-order valence-corrected chi connectivity index (χ3v) is 4.79. The van der Waals surface area contributed by atoms with Gasteiger partial charge in [0, 0.05) is 23.5 Å². The molecule has 3 aromatic rings. The molecule has 1 saturated heterocycles. The highest BCUT2D eigenvalue weighted by Crippen LogP contribution is 2.25. The van der Waals surface area contributed by atoms with Crippen molar-refractivity contribution in [2.45, 2.75) is 6.92 Å². The van der Waals surface area contributed by atoms with Gasteiger partial charge in [-0.3, -0.25) is 9.69 Å². The molecule has 1 heterocycles. The van der Waals surface area contributed by atoms with Crippen LogP contribution in [0.25, 0.3) is 10.8 Å². The van der Waals surface area contributed by atoms with E-state index < -0.39 is 0 Å². The van der Waals surface area contributed by atoms with E-state index >= 15 is 0 Å². The summed E-state index contributed by atoms with van der Waals surface area (Å²) in [6.07, 6.45) is -0.347. The first-order chi connectivity index (χ1) is 13.2. The first-order valence-electron chi connectivity index (χ1n) is 9.02. The lowest BCUT2D eigenvalue weighted by molar-refractivity contribution is 0.0988. The van der Waals surface area contributed by atoms with Crippen molar-refractivity contribution in [3.05, 3.63) is 72.3 Å². The van der Waals surface area contributed by atoms with Gasteiger partial charge in [0.25, 0.3) is 5.91 Å². The summed E-state index contributed by atoms with van der Waals surface area (Å²) in [5, 5.41) is 2.25. The van der Waals surface area contributed by atoms with Crippen LogP contribution in [0.3, 0.4) is 0 Å². The van der Waals surface area contributed by atoms with Crippen molar-refractivity contribution in [2.75, 3.05) is 29.5 Å². The number of hydrogen-bond donors (Lipinski definition) is 0. The Hall–Kier alpha value is -3.34. The summed E-state index contributed by atoms with van der Waals surface area (Å²) in [6.45, 7) is 3.45. The molecular weight excluding hydrogens is 340 g/mol. The Morgan fingerprint density at radius 3 is 2.44 bits per heavy atom. The van der Waals surface area contributed by atoms with Crippen molar-refractivity contribution in [3.8, 4) is 0 Å². The molecule has 27 heavy (non-hydrogen) atoms. The van der Waals surface area contributed by atoms with Crippen LogP contribution in [-0.4, -0.2) is 31.7 Å². The molecule has 0 radical (unpaired) electrons. The van der Waals surface area contributed by atoms with Gasteiger partial charge >= 0.3 is 6.09 Å². The van der Waals surface area contributed by atoms with E-state index in [4.69, 9.17) is 4.74 Å². The minimum absolute atomic E-state index is 0.0664. The molecule has 0 N–H and O–H groups in total. The normalized spacial score (nSPS) is 13.7. The van der Waals surface area contributed by atoms with Gasteiger partial charge in [0.2, 0.25) is 0 Å². The molecule has 136 valence electrons. The van der Waals surface area contributed by atoms with Crippen LogP contribution in [0.15, 0.2) is 66.7 Å². The van der Waals surface area contributed by atoms with Crippen LogP contribution in [0.4, 0.5) is 16.2 Å². The molecule has 1 aliphatic heterocycles. The van der Waals surface area contributed by atoms with E-state index in [0.29, 0.717) is 25.3 Å². The SMILES string of the molecule is CCN(C(=O)c1ccc(N2CCOC2=O)cc1)c1ccc2ccccc2c1. The number of cyclic esters (lactones) is 1. The predicted molar refractivity (Wildman–Crippen MR) is 106 cm³/mol. The Morgan fingerprint density at radius 1 is 1.04 bits per heavy atom. The third-order valence-electron chi connectivity index (χ3n) is 4.79. The molecule has 5 nitrogen and oxygen atoms in total. The van der Waals surface area contributed by atoms with Crippen LogP contribution in [0.1, 0.15) is 17.3 Å². The maximum Gasteiger partial charge on any atom is 0.414 e. The highest BCUT2D eigenvalue weighted by atomic mass is 16.6. The third kappa shape index (κ3) is 3.24. The van der Waals surface area contributed by atoms with Gasteiger partial charge in [-0.25, -0.2) is 4.79 Å². The molecule has 0 bridgehead atoms. The van der Waals surface area contributed by atoms with Crippen molar-refractivity contribution in [3.63, 3.8) is 0 Å². The Balaban J connectivity index is 1.60. The number of fused-ring (bicyclic) bond motifs is 1. The minimum Gasteiger partial charge on any atom is -0.447 e. The molecular formula is C22H20N2O3.